The number of esters is 1. The zero-order valence-electron chi connectivity index (χ0n) is 18.3. The van der Waals surface area contributed by atoms with Crippen molar-refractivity contribution < 1.29 is 9.53 Å². The minimum absolute atomic E-state index is 0. The predicted molar refractivity (Wildman–Crippen MR) is 141 cm³/mol. The Morgan fingerprint density at radius 3 is 2.15 bits per heavy atom. The molecular weight excluding hydrogens is 473 g/mol. The minimum Gasteiger partial charge on any atom is -0.465 e. The van der Waals surface area contributed by atoms with Crippen LogP contribution in [0.4, 0.5) is 0 Å². The van der Waals surface area contributed by atoms with Crippen molar-refractivity contribution in [3.8, 4) is 11.3 Å². The molecule has 4 aromatic rings. The third kappa shape index (κ3) is 5.22. The van der Waals surface area contributed by atoms with Gasteiger partial charge in [-0.2, -0.15) is 0 Å². The highest BCUT2D eigenvalue weighted by Crippen LogP contribution is 2.33. The van der Waals surface area contributed by atoms with Crippen molar-refractivity contribution in [3.05, 3.63) is 94.5 Å². The van der Waals surface area contributed by atoms with Crippen molar-refractivity contribution in [2.24, 2.45) is 11.5 Å². The Balaban J connectivity index is 0.00000204. The van der Waals surface area contributed by atoms with Crippen molar-refractivity contribution in [2.75, 3.05) is 7.11 Å². The summed E-state index contributed by atoms with van der Waals surface area (Å²) in [6.45, 7) is 0. The molecule has 7 N–H and O–H groups in total. The van der Waals surface area contributed by atoms with Crippen LogP contribution < -0.4 is 11.5 Å². The lowest BCUT2D eigenvalue weighted by molar-refractivity contribution is 0.0600. The average molecular weight is 498 g/mol. The second-order valence-corrected chi connectivity index (χ2v) is 7.51. The fraction of sp³-hybridized carbons (Fsp3) is 0.0800. The third-order valence-corrected chi connectivity index (χ3v) is 5.43. The molecule has 0 radical (unpaired) electrons. The van der Waals surface area contributed by atoms with Crippen LogP contribution in [-0.2, 0) is 11.2 Å². The summed E-state index contributed by atoms with van der Waals surface area (Å²) in [5.41, 5.74) is 17.8. The van der Waals surface area contributed by atoms with Gasteiger partial charge in [0.05, 0.1) is 18.4 Å². The van der Waals surface area contributed by atoms with E-state index in [9.17, 15) is 4.79 Å². The third-order valence-electron chi connectivity index (χ3n) is 5.43. The summed E-state index contributed by atoms with van der Waals surface area (Å²) < 4.78 is 4.85. The number of hydrogen-bond donors (Lipinski definition) is 5. The predicted octanol–water partition coefficient (Wildman–Crippen LogP) is 4.62. The summed E-state index contributed by atoms with van der Waals surface area (Å²) in [6, 6.07) is 20.5. The highest BCUT2D eigenvalue weighted by Gasteiger charge is 2.16. The highest BCUT2D eigenvalue weighted by atomic mass is 35.5. The van der Waals surface area contributed by atoms with E-state index in [-0.39, 0.29) is 42.5 Å². The van der Waals surface area contributed by atoms with Gasteiger partial charge in [0.2, 0.25) is 0 Å². The van der Waals surface area contributed by atoms with E-state index < -0.39 is 0 Å². The molecular formula is C25H25Cl2N5O2. The maximum absolute atomic E-state index is 12.0. The molecule has 9 heteroatoms. The van der Waals surface area contributed by atoms with Gasteiger partial charge in [0.1, 0.15) is 11.7 Å². The molecule has 0 aliphatic carbocycles. The van der Waals surface area contributed by atoms with Gasteiger partial charge in [-0.1, -0.05) is 48.5 Å². The van der Waals surface area contributed by atoms with Crippen molar-refractivity contribution in [1.29, 1.82) is 10.8 Å². The zero-order chi connectivity index (χ0) is 22.8. The van der Waals surface area contributed by atoms with Crippen LogP contribution in [0.15, 0.2) is 66.7 Å². The van der Waals surface area contributed by atoms with Crippen LogP contribution in [-0.4, -0.2) is 29.7 Å². The molecule has 0 saturated carbocycles. The second-order valence-electron chi connectivity index (χ2n) is 7.51. The number of nitrogens with two attached hydrogens (primary N) is 2. The first kappa shape index (κ1) is 26.4. The summed E-state index contributed by atoms with van der Waals surface area (Å²) in [4.78, 5) is 15.4. The van der Waals surface area contributed by atoms with Crippen LogP contribution >= 0.6 is 24.8 Å². The number of halogens is 2. The maximum atomic E-state index is 12.0. The van der Waals surface area contributed by atoms with Crippen molar-refractivity contribution in [2.45, 2.75) is 6.42 Å². The number of nitrogen functional groups attached to an aromatic ring is 2. The molecule has 176 valence electrons. The topological polar surface area (TPSA) is 142 Å². The number of carbonyl (C=O) groups excluding carboxylic acids is 1. The molecule has 3 aromatic carbocycles. The smallest absolute Gasteiger partial charge is 0.337 e. The SMILES string of the molecule is COC(=O)c1cccc(Cc2c(-c3ccc(C(=N)N)cc3)[nH]c3cc(C(=N)N)ccc23)c1.Cl.Cl. The van der Waals surface area contributed by atoms with Gasteiger partial charge in [-0.15, -0.1) is 24.8 Å². The number of nitrogens with one attached hydrogen (secondary N) is 3. The van der Waals surface area contributed by atoms with Gasteiger partial charge < -0.3 is 21.2 Å². The zero-order valence-corrected chi connectivity index (χ0v) is 20.0. The Kier molecular flexibility index (Phi) is 8.46. The first-order chi connectivity index (χ1) is 15.4. The molecule has 1 aromatic heterocycles. The van der Waals surface area contributed by atoms with Crippen LogP contribution in [0, 0.1) is 10.8 Å². The van der Waals surface area contributed by atoms with Crippen molar-refractivity contribution in [1.82, 2.24) is 4.98 Å². The van der Waals surface area contributed by atoms with Crippen LogP contribution in [0.1, 0.15) is 32.6 Å². The Morgan fingerprint density at radius 1 is 0.882 bits per heavy atom. The molecule has 0 aliphatic heterocycles. The lowest BCUT2D eigenvalue weighted by Crippen LogP contribution is -2.10. The van der Waals surface area contributed by atoms with E-state index in [2.05, 4.69) is 4.98 Å². The molecule has 0 atom stereocenters. The van der Waals surface area contributed by atoms with Crippen LogP contribution in [0.25, 0.3) is 22.2 Å². The number of amidine groups is 2. The summed E-state index contributed by atoms with van der Waals surface area (Å²) >= 11 is 0. The molecule has 0 fully saturated rings. The molecule has 1 heterocycles. The summed E-state index contributed by atoms with van der Waals surface area (Å²) in [6.07, 6.45) is 0.577. The highest BCUT2D eigenvalue weighted by molar-refractivity contribution is 6.01. The number of ether oxygens (including phenoxy) is 1. The summed E-state index contributed by atoms with van der Waals surface area (Å²) in [7, 11) is 1.37. The molecule has 4 rings (SSSR count). The van der Waals surface area contributed by atoms with E-state index in [4.69, 9.17) is 27.0 Å². The molecule has 0 spiro atoms. The number of aromatic amines is 1. The number of H-pyrrole nitrogens is 1. The number of methoxy groups -OCH3 is 1. The Labute approximate surface area is 209 Å². The number of carbonyl (C=O) groups is 1. The molecule has 0 unspecified atom stereocenters. The van der Waals surface area contributed by atoms with Gasteiger partial charge in [-0.05, 0) is 34.9 Å². The van der Waals surface area contributed by atoms with E-state index in [1.165, 1.54) is 7.11 Å². The van der Waals surface area contributed by atoms with E-state index in [0.717, 1.165) is 33.3 Å². The Hall–Kier alpha value is -3.81. The number of aromatic nitrogens is 1. The Morgan fingerprint density at radius 2 is 1.53 bits per heavy atom. The van der Waals surface area contributed by atoms with Crippen LogP contribution in [0.3, 0.4) is 0 Å². The molecule has 34 heavy (non-hydrogen) atoms. The lowest BCUT2D eigenvalue weighted by Gasteiger charge is -2.08. The molecule has 0 bridgehead atoms. The summed E-state index contributed by atoms with van der Waals surface area (Å²) in [5, 5.41) is 16.4. The lowest BCUT2D eigenvalue weighted by atomic mass is 9.96. The maximum Gasteiger partial charge on any atom is 0.337 e. The van der Waals surface area contributed by atoms with Crippen molar-refractivity contribution >= 4 is 53.4 Å². The first-order valence-corrected chi connectivity index (χ1v) is 9.98. The van der Waals surface area contributed by atoms with Gasteiger partial charge in [0.25, 0.3) is 0 Å². The van der Waals surface area contributed by atoms with Crippen LogP contribution in [0.5, 0.6) is 0 Å². The van der Waals surface area contributed by atoms with Gasteiger partial charge in [0, 0.05) is 28.5 Å². The normalized spacial score (nSPS) is 10.1. The fourth-order valence-corrected chi connectivity index (χ4v) is 3.80. The van der Waals surface area contributed by atoms with Gasteiger partial charge in [-0.25, -0.2) is 4.79 Å². The van der Waals surface area contributed by atoms with Gasteiger partial charge in [-0.3, -0.25) is 10.8 Å². The van der Waals surface area contributed by atoms with Gasteiger partial charge in [0.15, 0.2) is 0 Å². The molecule has 0 saturated heterocycles. The van der Waals surface area contributed by atoms with Crippen LogP contribution in [0.2, 0.25) is 0 Å². The van der Waals surface area contributed by atoms with Gasteiger partial charge >= 0.3 is 5.97 Å². The van der Waals surface area contributed by atoms with E-state index in [1.54, 1.807) is 6.07 Å². The second kappa shape index (κ2) is 10.9. The Bertz CT molecular complexity index is 1360. The number of benzene rings is 3. The average Bonchev–Trinajstić information content (AvgIpc) is 3.16. The van der Waals surface area contributed by atoms with E-state index in [1.807, 2.05) is 60.7 Å². The standard InChI is InChI=1S/C25H23N5O2.2ClH/c1-32-25(31)18-4-2-3-14(11-18)12-20-19-10-9-17(24(28)29)13-21(19)30-22(20)15-5-7-16(8-6-15)23(26)27;;/h2-11,13,30H,12H2,1H3,(H3,26,27)(H3,28,29);2*1H. The monoisotopic (exact) mass is 497 g/mol. The fourth-order valence-electron chi connectivity index (χ4n) is 3.80. The number of hydrogen-bond acceptors (Lipinski definition) is 4. The summed E-state index contributed by atoms with van der Waals surface area (Å²) in [5.74, 6) is -0.364. The molecule has 0 amide bonds. The van der Waals surface area contributed by atoms with E-state index in [0.29, 0.717) is 23.1 Å². The van der Waals surface area contributed by atoms with Crippen molar-refractivity contribution in [3.63, 3.8) is 0 Å². The number of rotatable bonds is 6. The molecule has 0 aliphatic rings. The minimum atomic E-state index is -0.378. The van der Waals surface area contributed by atoms with E-state index >= 15 is 0 Å². The molecule has 7 nitrogen and oxygen atoms in total. The largest absolute Gasteiger partial charge is 0.465 e. The quantitative estimate of drug-likeness (QED) is 0.150. The number of fused-ring (bicyclic) bond motifs is 1. The first-order valence-electron chi connectivity index (χ1n) is 9.98.